The highest BCUT2D eigenvalue weighted by molar-refractivity contribution is 5.43. The molecule has 1 aromatic heterocycles. The molecule has 0 amide bonds. The Balaban J connectivity index is 2.13. The molecule has 0 saturated carbocycles. The Morgan fingerprint density at radius 3 is 2.35 bits per heavy atom. The van der Waals surface area contributed by atoms with Gasteiger partial charge in [-0.1, -0.05) is 37.5 Å². The number of benzene rings is 1. The van der Waals surface area contributed by atoms with Gasteiger partial charge < -0.3 is 0 Å². The molecule has 0 spiro atoms. The first-order chi connectivity index (χ1) is 9.61. The summed E-state index contributed by atoms with van der Waals surface area (Å²) < 4.78 is 4.55. The number of nitrogens with zero attached hydrogens (tertiary/aromatic N) is 2. The third-order valence-corrected chi connectivity index (χ3v) is 3.85. The Bertz CT molecular complexity index is 544. The van der Waals surface area contributed by atoms with Gasteiger partial charge in [-0.15, -0.1) is 0 Å². The molecule has 1 aromatic carbocycles. The third-order valence-electron chi connectivity index (χ3n) is 3.85. The van der Waals surface area contributed by atoms with Crippen molar-refractivity contribution in [2.45, 2.75) is 59.9 Å². The molecule has 0 radical (unpaired) electrons. The first-order valence-corrected chi connectivity index (χ1v) is 7.77. The van der Waals surface area contributed by atoms with E-state index in [1.807, 2.05) is 0 Å². The van der Waals surface area contributed by atoms with Crippen LogP contribution in [0.1, 0.15) is 49.3 Å². The van der Waals surface area contributed by atoms with Crippen molar-refractivity contribution in [3.05, 3.63) is 47.5 Å². The highest BCUT2D eigenvalue weighted by Crippen LogP contribution is 2.16. The number of rotatable bonds is 6. The van der Waals surface area contributed by atoms with E-state index in [-0.39, 0.29) is 0 Å². The van der Waals surface area contributed by atoms with Crippen molar-refractivity contribution in [2.75, 3.05) is 0 Å². The van der Waals surface area contributed by atoms with E-state index in [1.54, 1.807) is 0 Å². The van der Waals surface area contributed by atoms with Gasteiger partial charge in [-0.2, -0.15) is 0 Å². The van der Waals surface area contributed by atoms with Crippen molar-refractivity contribution in [1.82, 2.24) is 4.57 Å². The van der Waals surface area contributed by atoms with Crippen LogP contribution in [0.2, 0.25) is 0 Å². The van der Waals surface area contributed by atoms with E-state index in [1.165, 1.54) is 48.1 Å². The van der Waals surface area contributed by atoms with E-state index >= 15 is 0 Å². The SMILES string of the molecule is CCCCCCn1cc[n+](-c2c(C)cc(C)cc2C)c1. The summed E-state index contributed by atoms with van der Waals surface area (Å²) in [5, 5.41) is 0. The first kappa shape index (κ1) is 14.8. The lowest BCUT2D eigenvalue weighted by Crippen LogP contribution is -2.30. The van der Waals surface area contributed by atoms with Crippen LogP contribution in [0.5, 0.6) is 0 Å². The third kappa shape index (κ3) is 3.50. The summed E-state index contributed by atoms with van der Waals surface area (Å²) in [6, 6.07) is 4.52. The second kappa shape index (κ2) is 6.74. The number of hydrogen-bond acceptors (Lipinski definition) is 0. The van der Waals surface area contributed by atoms with Crippen LogP contribution >= 0.6 is 0 Å². The second-order valence-corrected chi connectivity index (χ2v) is 5.87. The molecule has 2 rings (SSSR count). The average Bonchev–Trinajstić information content (AvgIpc) is 2.82. The van der Waals surface area contributed by atoms with E-state index in [9.17, 15) is 0 Å². The van der Waals surface area contributed by atoms with Crippen LogP contribution in [0.3, 0.4) is 0 Å². The van der Waals surface area contributed by atoms with Gasteiger partial charge in [-0.25, -0.2) is 9.13 Å². The number of imidazole rings is 1. The van der Waals surface area contributed by atoms with Crippen molar-refractivity contribution in [1.29, 1.82) is 0 Å². The zero-order valence-electron chi connectivity index (χ0n) is 13.3. The van der Waals surface area contributed by atoms with E-state index in [2.05, 4.69) is 67.7 Å². The topological polar surface area (TPSA) is 8.81 Å². The zero-order chi connectivity index (χ0) is 14.5. The van der Waals surface area contributed by atoms with Gasteiger partial charge in [0.05, 0.1) is 6.54 Å². The molecule has 0 saturated heterocycles. The predicted octanol–water partition coefficient (Wildman–Crippen LogP) is 4.27. The zero-order valence-corrected chi connectivity index (χ0v) is 13.3. The number of aryl methyl sites for hydroxylation is 4. The van der Waals surface area contributed by atoms with Gasteiger partial charge in [0.25, 0.3) is 0 Å². The second-order valence-electron chi connectivity index (χ2n) is 5.87. The molecule has 0 N–H and O–H groups in total. The van der Waals surface area contributed by atoms with Crippen LogP contribution in [0.25, 0.3) is 5.69 Å². The summed E-state index contributed by atoms with van der Waals surface area (Å²) in [6.07, 6.45) is 11.8. The Hall–Kier alpha value is -1.57. The fourth-order valence-electron chi connectivity index (χ4n) is 2.96. The molecule has 1 heterocycles. The number of aromatic nitrogens is 2. The molecule has 0 fully saturated rings. The minimum Gasteiger partial charge on any atom is -0.236 e. The molecule has 0 aliphatic rings. The van der Waals surface area contributed by atoms with Crippen LogP contribution in [0, 0.1) is 20.8 Å². The normalized spacial score (nSPS) is 11.0. The Morgan fingerprint density at radius 2 is 1.70 bits per heavy atom. The van der Waals surface area contributed by atoms with E-state index < -0.39 is 0 Å². The van der Waals surface area contributed by atoms with Gasteiger partial charge in [0.2, 0.25) is 6.33 Å². The lowest BCUT2D eigenvalue weighted by molar-refractivity contribution is -0.596. The molecule has 2 nitrogen and oxygen atoms in total. The van der Waals surface area contributed by atoms with E-state index in [4.69, 9.17) is 0 Å². The van der Waals surface area contributed by atoms with Crippen molar-refractivity contribution < 1.29 is 4.57 Å². The van der Waals surface area contributed by atoms with Crippen LogP contribution in [0.15, 0.2) is 30.9 Å². The van der Waals surface area contributed by atoms with Crippen molar-refractivity contribution in [3.63, 3.8) is 0 Å². The van der Waals surface area contributed by atoms with Crippen molar-refractivity contribution in [2.24, 2.45) is 0 Å². The van der Waals surface area contributed by atoms with Crippen LogP contribution < -0.4 is 4.57 Å². The largest absolute Gasteiger partial charge is 0.248 e. The lowest BCUT2D eigenvalue weighted by Gasteiger charge is -2.07. The predicted molar refractivity (Wildman–Crippen MR) is 84.3 cm³/mol. The van der Waals surface area contributed by atoms with Crippen LogP contribution in [0.4, 0.5) is 0 Å². The molecule has 108 valence electrons. The van der Waals surface area contributed by atoms with Gasteiger partial charge in [0.15, 0.2) is 0 Å². The van der Waals surface area contributed by atoms with Gasteiger partial charge >= 0.3 is 0 Å². The smallest absolute Gasteiger partial charge is 0.236 e. The Labute approximate surface area is 123 Å². The molecule has 0 aliphatic carbocycles. The summed E-state index contributed by atoms with van der Waals surface area (Å²) in [4.78, 5) is 0. The Kier molecular flexibility index (Phi) is 4.99. The molecule has 0 bridgehead atoms. The van der Waals surface area contributed by atoms with Gasteiger partial charge in [0.1, 0.15) is 18.1 Å². The monoisotopic (exact) mass is 271 g/mol. The fraction of sp³-hybridized carbons (Fsp3) is 0.500. The summed E-state index contributed by atoms with van der Waals surface area (Å²) >= 11 is 0. The maximum atomic E-state index is 2.30. The molecular formula is C18H27N2+. The minimum atomic E-state index is 1.12. The maximum Gasteiger partial charge on any atom is 0.248 e. The fourth-order valence-corrected chi connectivity index (χ4v) is 2.96. The van der Waals surface area contributed by atoms with Gasteiger partial charge in [-0.05, 0) is 44.7 Å². The van der Waals surface area contributed by atoms with E-state index in [0.717, 1.165) is 6.54 Å². The average molecular weight is 271 g/mol. The highest BCUT2D eigenvalue weighted by atomic mass is 15.1. The maximum absolute atomic E-state index is 2.30. The van der Waals surface area contributed by atoms with Gasteiger partial charge in [-0.3, -0.25) is 0 Å². The molecule has 20 heavy (non-hydrogen) atoms. The molecule has 0 aliphatic heterocycles. The summed E-state index contributed by atoms with van der Waals surface area (Å²) in [5.74, 6) is 0. The summed E-state index contributed by atoms with van der Waals surface area (Å²) in [6.45, 7) is 9.93. The quantitative estimate of drug-likeness (QED) is 0.548. The first-order valence-electron chi connectivity index (χ1n) is 7.77. The number of hydrogen-bond donors (Lipinski definition) is 0. The Morgan fingerprint density at radius 1 is 1.00 bits per heavy atom. The molecular weight excluding hydrogens is 244 g/mol. The standard InChI is InChI=1S/C18H27N2/c1-5-6-7-8-9-19-10-11-20(14-19)18-16(3)12-15(2)13-17(18)4/h10-14H,5-9H2,1-4H3/q+1. The lowest BCUT2D eigenvalue weighted by atomic mass is 10.1. The summed E-state index contributed by atoms with van der Waals surface area (Å²) in [5.41, 5.74) is 5.35. The summed E-state index contributed by atoms with van der Waals surface area (Å²) in [7, 11) is 0. The molecule has 2 aromatic rings. The molecule has 2 heteroatoms. The van der Waals surface area contributed by atoms with Crippen LogP contribution in [-0.4, -0.2) is 4.57 Å². The van der Waals surface area contributed by atoms with Crippen molar-refractivity contribution in [3.8, 4) is 5.69 Å². The van der Waals surface area contributed by atoms with Gasteiger partial charge in [0, 0.05) is 0 Å². The van der Waals surface area contributed by atoms with Crippen LogP contribution in [-0.2, 0) is 6.54 Å². The highest BCUT2D eigenvalue weighted by Gasteiger charge is 2.12. The van der Waals surface area contributed by atoms with E-state index in [0.29, 0.717) is 0 Å². The minimum absolute atomic E-state index is 1.12. The number of unbranched alkanes of at least 4 members (excludes halogenated alkanes) is 3. The molecule has 0 atom stereocenters. The molecule has 0 unspecified atom stereocenters. The van der Waals surface area contributed by atoms with Crippen molar-refractivity contribution >= 4 is 0 Å².